The predicted octanol–water partition coefficient (Wildman–Crippen LogP) is 4.38. The molecule has 1 saturated heterocycles. The van der Waals surface area contributed by atoms with Crippen molar-refractivity contribution >= 4 is 11.6 Å². The highest BCUT2D eigenvalue weighted by atomic mass is 19.1. The van der Waals surface area contributed by atoms with Crippen molar-refractivity contribution < 1.29 is 18.3 Å². The first-order valence-corrected chi connectivity index (χ1v) is 9.64. The van der Waals surface area contributed by atoms with Crippen LogP contribution in [-0.2, 0) is 11.3 Å². The molecule has 2 aromatic rings. The van der Waals surface area contributed by atoms with Crippen LogP contribution in [0.5, 0.6) is 5.75 Å². The molecule has 0 aliphatic carbocycles. The Kier molecular flexibility index (Phi) is 6.62. The minimum atomic E-state index is -0.511. The van der Waals surface area contributed by atoms with Gasteiger partial charge < -0.3 is 9.64 Å². The van der Waals surface area contributed by atoms with Gasteiger partial charge in [0, 0.05) is 43.3 Å². The number of hydrogen-bond acceptors (Lipinski definition) is 3. The summed E-state index contributed by atoms with van der Waals surface area (Å²) in [6.45, 7) is 3.47. The van der Waals surface area contributed by atoms with Crippen LogP contribution in [0.2, 0.25) is 0 Å². The van der Waals surface area contributed by atoms with E-state index in [4.69, 9.17) is 4.74 Å². The maximum atomic E-state index is 13.9. The molecule has 28 heavy (non-hydrogen) atoms. The van der Waals surface area contributed by atoms with Crippen LogP contribution in [0.4, 0.5) is 14.5 Å². The Morgan fingerprint density at radius 2 is 1.71 bits per heavy atom. The van der Waals surface area contributed by atoms with Crippen molar-refractivity contribution in [2.75, 3.05) is 25.1 Å². The number of halogens is 2. The van der Waals surface area contributed by atoms with E-state index in [2.05, 4.69) is 0 Å². The first kappa shape index (κ1) is 20.3. The van der Waals surface area contributed by atoms with Gasteiger partial charge in [0.1, 0.15) is 17.4 Å². The highest BCUT2D eigenvalue weighted by Gasteiger charge is 2.29. The second kappa shape index (κ2) is 9.15. The summed E-state index contributed by atoms with van der Waals surface area (Å²) in [5.74, 6) is -0.204. The van der Waals surface area contributed by atoms with Gasteiger partial charge in [-0.3, -0.25) is 9.69 Å². The van der Waals surface area contributed by atoms with Crippen LogP contribution < -0.4 is 9.64 Å². The number of likely N-dealkylation sites (tertiary alicyclic amines) is 1. The molecule has 3 rings (SSSR count). The SMILES string of the molecule is CCC(=O)N(c1ccc(OC)cc1)C1CCN(Cc2c(F)cccc2F)CC1. The molecule has 0 aromatic heterocycles. The van der Waals surface area contributed by atoms with E-state index in [1.807, 2.05) is 41.0 Å². The van der Waals surface area contributed by atoms with Crippen LogP contribution in [-0.4, -0.2) is 37.0 Å². The van der Waals surface area contributed by atoms with E-state index in [1.54, 1.807) is 7.11 Å². The van der Waals surface area contributed by atoms with Crippen molar-refractivity contribution in [3.8, 4) is 5.75 Å². The number of ether oxygens (including phenoxy) is 1. The molecule has 0 atom stereocenters. The van der Waals surface area contributed by atoms with Gasteiger partial charge in [-0.25, -0.2) is 8.78 Å². The minimum absolute atomic E-state index is 0.0718. The number of hydrogen-bond donors (Lipinski definition) is 0. The first-order chi connectivity index (χ1) is 13.5. The van der Waals surface area contributed by atoms with Crippen molar-refractivity contribution in [1.82, 2.24) is 4.90 Å². The van der Waals surface area contributed by atoms with E-state index in [-0.39, 0.29) is 24.1 Å². The Balaban J connectivity index is 1.69. The van der Waals surface area contributed by atoms with Gasteiger partial charge in [-0.1, -0.05) is 13.0 Å². The van der Waals surface area contributed by atoms with Crippen molar-refractivity contribution in [1.29, 1.82) is 0 Å². The highest BCUT2D eigenvalue weighted by molar-refractivity contribution is 5.93. The van der Waals surface area contributed by atoms with Crippen LogP contribution in [0.3, 0.4) is 0 Å². The molecule has 2 aromatic carbocycles. The van der Waals surface area contributed by atoms with Gasteiger partial charge in [-0.2, -0.15) is 0 Å². The second-order valence-corrected chi connectivity index (χ2v) is 7.02. The molecular formula is C22H26F2N2O2. The predicted molar refractivity (Wildman–Crippen MR) is 105 cm³/mol. The van der Waals surface area contributed by atoms with E-state index in [9.17, 15) is 13.6 Å². The Labute approximate surface area is 164 Å². The van der Waals surface area contributed by atoms with Gasteiger partial charge in [0.15, 0.2) is 0 Å². The molecule has 0 bridgehead atoms. The average molecular weight is 388 g/mol. The number of piperidine rings is 1. The lowest BCUT2D eigenvalue weighted by Gasteiger charge is -2.38. The molecular weight excluding hydrogens is 362 g/mol. The Bertz CT molecular complexity index is 782. The van der Waals surface area contributed by atoms with Crippen LogP contribution >= 0.6 is 0 Å². The molecule has 0 unspecified atom stereocenters. The van der Waals surface area contributed by atoms with Gasteiger partial charge in [0.2, 0.25) is 5.91 Å². The molecule has 0 N–H and O–H groups in total. The number of amides is 1. The fourth-order valence-corrected chi connectivity index (χ4v) is 3.71. The van der Waals surface area contributed by atoms with Gasteiger partial charge in [-0.05, 0) is 49.2 Å². The van der Waals surface area contributed by atoms with Crippen LogP contribution in [0.1, 0.15) is 31.7 Å². The Hall–Kier alpha value is -2.47. The summed E-state index contributed by atoms with van der Waals surface area (Å²) in [6, 6.07) is 11.5. The molecule has 0 radical (unpaired) electrons. The molecule has 1 heterocycles. The summed E-state index contributed by atoms with van der Waals surface area (Å²) in [6.07, 6.45) is 1.94. The fraction of sp³-hybridized carbons (Fsp3) is 0.409. The summed E-state index contributed by atoms with van der Waals surface area (Å²) in [5, 5.41) is 0. The van der Waals surface area contributed by atoms with Crippen molar-refractivity contribution in [2.45, 2.75) is 38.8 Å². The second-order valence-electron chi connectivity index (χ2n) is 7.02. The molecule has 1 amide bonds. The van der Waals surface area contributed by atoms with E-state index in [1.165, 1.54) is 18.2 Å². The lowest BCUT2D eigenvalue weighted by molar-refractivity contribution is -0.119. The van der Waals surface area contributed by atoms with Crippen LogP contribution in [0.15, 0.2) is 42.5 Å². The normalized spacial score (nSPS) is 15.4. The van der Waals surface area contributed by atoms with Crippen LogP contribution in [0.25, 0.3) is 0 Å². The van der Waals surface area contributed by atoms with Crippen molar-refractivity contribution in [3.05, 3.63) is 59.7 Å². The van der Waals surface area contributed by atoms with E-state index >= 15 is 0 Å². The van der Waals surface area contributed by atoms with E-state index < -0.39 is 11.6 Å². The number of nitrogens with zero attached hydrogens (tertiary/aromatic N) is 2. The lowest BCUT2D eigenvalue weighted by atomic mass is 10.0. The number of carbonyl (C=O) groups excluding carboxylic acids is 1. The summed E-state index contributed by atoms with van der Waals surface area (Å²) >= 11 is 0. The molecule has 1 aliphatic rings. The smallest absolute Gasteiger partial charge is 0.226 e. The van der Waals surface area contributed by atoms with Gasteiger partial charge in [-0.15, -0.1) is 0 Å². The first-order valence-electron chi connectivity index (χ1n) is 9.64. The van der Waals surface area contributed by atoms with Gasteiger partial charge in [0.05, 0.1) is 7.11 Å². The number of rotatable bonds is 6. The van der Waals surface area contributed by atoms with E-state index in [0.29, 0.717) is 19.5 Å². The molecule has 6 heteroatoms. The quantitative estimate of drug-likeness (QED) is 0.736. The number of anilines is 1. The third kappa shape index (κ3) is 4.50. The van der Waals surface area contributed by atoms with Crippen LogP contribution in [0, 0.1) is 11.6 Å². The summed E-state index contributed by atoms with van der Waals surface area (Å²) in [5.41, 5.74) is 0.962. The topological polar surface area (TPSA) is 32.8 Å². The Morgan fingerprint density at radius 1 is 1.11 bits per heavy atom. The van der Waals surface area contributed by atoms with Gasteiger partial charge in [0.25, 0.3) is 0 Å². The standard InChI is InChI=1S/C22H26F2N2O2/c1-3-22(27)26(16-7-9-18(28-2)10-8-16)17-11-13-25(14-12-17)15-19-20(23)5-4-6-21(19)24/h4-10,17H,3,11-15H2,1-2H3. The molecule has 1 fully saturated rings. The average Bonchev–Trinajstić information content (AvgIpc) is 2.72. The maximum absolute atomic E-state index is 13.9. The van der Waals surface area contributed by atoms with Crippen molar-refractivity contribution in [2.24, 2.45) is 0 Å². The zero-order valence-electron chi connectivity index (χ0n) is 16.3. The zero-order chi connectivity index (χ0) is 20.1. The highest BCUT2D eigenvalue weighted by Crippen LogP contribution is 2.27. The molecule has 4 nitrogen and oxygen atoms in total. The van der Waals surface area contributed by atoms with Crippen molar-refractivity contribution in [3.63, 3.8) is 0 Å². The Morgan fingerprint density at radius 3 is 2.25 bits per heavy atom. The third-order valence-electron chi connectivity index (χ3n) is 5.29. The monoisotopic (exact) mass is 388 g/mol. The molecule has 0 spiro atoms. The number of methoxy groups -OCH3 is 1. The maximum Gasteiger partial charge on any atom is 0.226 e. The number of benzene rings is 2. The number of carbonyl (C=O) groups is 1. The van der Waals surface area contributed by atoms with E-state index in [0.717, 1.165) is 24.3 Å². The molecule has 0 saturated carbocycles. The largest absolute Gasteiger partial charge is 0.497 e. The zero-order valence-corrected chi connectivity index (χ0v) is 16.3. The lowest BCUT2D eigenvalue weighted by Crippen LogP contribution is -2.47. The summed E-state index contributed by atoms with van der Waals surface area (Å²) in [7, 11) is 1.61. The molecule has 1 aliphatic heterocycles. The molecule has 150 valence electrons. The van der Waals surface area contributed by atoms with Gasteiger partial charge >= 0.3 is 0 Å². The fourth-order valence-electron chi connectivity index (χ4n) is 3.71. The minimum Gasteiger partial charge on any atom is -0.497 e. The third-order valence-corrected chi connectivity index (χ3v) is 5.29. The summed E-state index contributed by atoms with van der Waals surface area (Å²) < 4.78 is 33.0. The summed E-state index contributed by atoms with van der Waals surface area (Å²) in [4.78, 5) is 16.5.